The Morgan fingerprint density at radius 3 is 2.87 bits per heavy atom. The summed E-state index contributed by atoms with van der Waals surface area (Å²) in [4.78, 5) is 24.8. The number of aromatic nitrogens is 3. The highest BCUT2D eigenvalue weighted by Crippen LogP contribution is 2.24. The van der Waals surface area contributed by atoms with Gasteiger partial charge >= 0.3 is 5.63 Å². The van der Waals surface area contributed by atoms with Crippen LogP contribution >= 0.6 is 11.6 Å². The average molecular weight is 425 g/mol. The molecule has 30 heavy (non-hydrogen) atoms. The van der Waals surface area contributed by atoms with E-state index in [0.29, 0.717) is 34.0 Å². The molecule has 0 radical (unpaired) electrons. The summed E-state index contributed by atoms with van der Waals surface area (Å²) in [5.41, 5.74) is 0.904. The van der Waals surface area contributed by atoms with E-state index in [-0.39, 0.29) is 12.1 Å². The van der Waals surface area contributed by atoms with E-state index in [4.69, 9.17) is 20.8 Å². The maximum absolute atomic E-state index is 12.5. The van der Waals surface area contributed by atoms with E-state index in [1.807, 2.05) is 18.2 Å². The molecule has 2 aromatic heterocycles. The van der Waals surface area contributed by atoms with Crippen molar-refractivity contribution >= 4 is 28.5 Å². The molecule has 0 spiro atoms. The maximum Gasteiger partial charge on any atom is 0.349 e. The van der Waals surface area contributed by atoms with Crippen LogP contribution in [0.5, 0.6) is 5.75 Å². The summed E-state index contributed by atoms with van der Waals surface area (Å²) in [6.07, 6.45) is 1.71. The van der Waals surface area contributed by atoms with Crippen LogP contribution in [0.3, 0.4) is 0 Å². The lowest BCUT2D eigenvalue weighted by molar-refractivity contribution is 0.0947. The Bertz CT molecular complexity index is 1280. The summed E-state index contributed by atoms with van der Waals surface area (Å²) >= 11 is 6.16. The number of rotatable bonds is 6. The maximum atomic E-state index is 12.5. The molecule has 4 rings (SSSR count). The second-order valence-corrected chi connectivity index (χ2v) is 6.91. The SMILES string of the molecule is COc1cccc2cc(C(=O)NCc3cn(Cc4ccccc4Cl)nn3)c(=O)oc12. The zero-order valence-corrected chi connectivity index (χ0v) is 16.7. The summed E-state index contributed by atoms with van der Waals surface area (Å²) in [5, 5.41) is 12.0. The average Bonchev–Trinajstić information content (AvgIpc) is 3.20. The van der Waals surface area contributed by atoms with Crippen molar-refractivity contribution in [2.75, 3.05) is 7.11 Å². The van der Waals surface area contributed by atoms with Crippen molar-refractivity contribution < 1.29 is 13.9 Å². The zero-order valence-electron chi connectivity index (χ0n) is 16.0. The third-order valence-electron chi connectivity index (χ3n) is 4.49. The first-order chi connectivity index (χ1) is 14.5. The second kappa shape index (κ2) is 8.38. The molecule has 0 atom stereocenters. The number of carbonyl (C=O) groups excluding carboxylic acids is 1. The topological polar surface area (TPSA) is 99.2 Å². The van der Waals surface area contributed by atoms with E-state index in [1.165, 1.54) is 13.2 Å². The van der Waals surface area contributed by atoms with Crippen LogP contribution in [0.4, 0.5) is 0 Å². The Hall–Kier alpha value is -3.65. The Balaban J connectivity index is 1.46. The molecule has 4 aromatic rings. The van der Waals surface area contributed by atoms with Crippen molar-refractivity contribution in [1.29, 1.82) is 0 Å². The van der Waals surface area contributed by atoms with Gasteiger partial charge in [0, 0.05) is 10.4 Å². The Morgan fingerprint density at radius 1 is 1.23 bits per heavy atom. The van der Waals surface area contributed by atoms with Crippen molar-refractivity contribution in [1.82, 2.24) is 20.3 Å². The van der Waals surface area contributed by atoms with Crippen molar-refractivity contribution in [2.45, 2.75) is 13.1 Å². The van der Waals surface area contributed by atoms with Crippen LogP contribution in [0.2, 0.25) is 5.02 Å². The number of para-hydroxylation sites is 1. The number of hydrogen-bond acceptors (Lipinski definition) is 6. The Labute approximate surface area is 176 Å². The summed E-state index contributed by atoms with van der Waals surface area (Å²) < 4.78 is 12.1. The number of nitrogens with one attached hydrogen (secondary N) is 1. The van der Waals surface area contributed by atoms with E-state index >= 15 is 0 Å². The second-order valence-electron chi connectivity index (χ2n) is 6.51. The molecule has 0 bridgehead atoms. The van der Waals surface area contributed by atoms with Gasteiger partial charge in [0.1, 0.15) is 11.3 Å². The summed E-state index contributed by atoms with van der Waals surface area (Å²) in [6.45, 7) is 0.563. The zero-order chi connectivity index (χ0) is 21.1. The van der Waals surface area contributed by atoms with Gasteiger partial charge in [-0.15, -0.1) is 5.10 Å². The largest absolute Gasteiger partial charge is 0.493 e. The van der Waals surface area contributed by atoms with E-state index in [9.17, 15) is 9.59 Å². The Kier molecular flexibility index (Phi) is 5.49. The predicted molar refractivity (Wildman–Crippen MR) is 111 cm³/mol. The first-order valence-electron chi connectivity index (χ1n) is 9.06. The number of fused-ring (bicyclic) bond motifs is 1. The summed E-state index contributed by atoms with van der Waals surface area (Å²) in [5.74, 6) is -0.138. The number of nitrogens with zero attached hydrogens (tertiary/aromatic N) is 3. The molecule has 0 fully saturated rings. The molecule has 1 N–H and O–H groups in total. The van der Waals surface area contributed by atoms with E-state index in [2.05, 4.69) is 15.6 Å². The first-order valence-corrected chi connectivity index (χ1v) is 9.44. The van der Waals surface area contributed by atoms with E-state index < -0.39 is 11.5 Å². The van der Waals surface area contributed by atoms with Gasteiger partial charge in [-0.05, 0) is 23.8 Å². The highest BCUT2D eigenvalue weighted by Gasteiger charge is 2.16. The smallest absolute Gasteiger partial charge is 0.349 e. The molecule has 0 unspecified atom stereocenters. The summed E-state index contributed by atoms with van der Waals surface area (Å²) in [6, 6.07) is 14.1. The molecule has 1 amide bonds. The highest BCUT2D eigenvalue weighted by molar-refractivity contribution is 6.31. The molecule has 0 aliphatic heterocycles. The van der Waals surface area contributed by atoms with Gasteiger partial charge in [0.2, 0.25) is 0 Å². The van der Waals surface area contributed by atoms with Gasteiger partial charge in [-0.1, -0.05) is 47.1 Å². The van der Waals surface area contributed by atoms with Gasteiger partial charge in [-0.25, -0.2) is 9.48 Å². The van der Waals surface area contributed by atoms with Gasteiger partial charge in [0.05, 0.1) is 26.4 Å². The van der Waals surface area contributed by atoms with Crippen molar-refractivity contribution in [3.8, 4) is 5.75 Å². The molecular weight excluding hydrogens is 408 g/mol. The van der Waals surface area contributed by atoms with Crippen molar-refractivity contribution in [2.24, 2.45) is 0 Å². The van der Waals surface area contributed by atoms with Crippen LogP contribution < -0.4 is 15.7 Å². The number of amides is 1. The molecule has 2 heterocycles. The molecule has 0 aliphatic rings. The van der Waals surface area contributed by atoms with Crippen LogP contribution in [0.25, 0.3) is 11.0 Å². The van der Waals surface area contributed by atoms with Crippen molar-refractivity contribution in [3.05, 3.63) is 87.0 Å². The highest BCUT2D eigenvalue weighted by atomic mass is 35.5. The fourth-order valence-corrected chi connectivity index (χ4v) is 3.20. The fourth-order valence-electron chi connectivity index (χ4n) is 3.00. The van der Waals surface area contributed by atoms with Crippen LogP contribution in [-0.2, 0) is 13.1 Å². The van der Waals surface area contributed by atoms with Gasteiger partial charge in [0.25, 0.3) is 5.91 Å². The minimum absolute atomic E-state index is 0.0980. The lowest BCUT2D eigenvalue weighted by Crippen LogP contribution is -2.28. The number of halogens is 1. The summed E-state index contributed by atoms with van der Waals surface area (Å²) in [7, 11) is 1.48. The van der Waals surface area contributed by atoms with Crippen LogP contribution in [0.1, 0.15) is 21.6 Å². The van der Waals surface area contributed by atoms with Gasteiger partial charge < -0.3 is 14.5 Å². The monoisotopic (exact) mass is 424 g/mol. The molecule has 0 saturated heterocycles. The number of carbonyl (C=O) groups is 1. The number of hydrogen-bond donors (Lipinski definition) is 1. The van der Waals surface area contributed by atoms with Gasteiger partial charge in [-0.2, -0.15) is 0 Å². The predicted octanol–water partition coefficient (Wildman–Crippen LogP) is 3.02. The third kappa shape index (κ3) is 4.04. The van der Waals surface area contributed by atoms with E-state index in [1.54, 1.807) is 35.1 Å². The number of ether oxygens (including phenoxy) is 1. The standard InChI is InChI=1S/C21H17ClN4O4/c1-29-18-8-4-6-13-9-16(21(28)30-19(13)18)20(27)23-10-15-12-26(25-24-15)11-14-5-2-3-7-17(14)22/h2-9,12H,10-11H2,1H3,(H,23,27). The number of methoxy groups -OCH3 is 1. The fraction of sp³-hybridized carbons (Fsp3) is 0.143. The molecule has 9 heteroatoms. The Morgan fingerprint density at radius 2 is 2.07 bits per heavy atom. The van der Waals surface area contributed by atoms with Crippen molar-refractivity contribution in [3.63, 3.8) is 0 Å². The quantitative estimate of drug-likeness (QED) is 0.477. The van der Waals surface area contributed by atoms with Gasteiger partial charge in [0.15, 0.2) is 11.3 Å². The van der Waals surface area contributed by atoms with Crippen LogP contribution in [-0.4, -0.2) is 28.0 Å². The minimum Gasteiger partial charge on any atom is -0.493 e. The molecule has 8 nitrogen and oxygen atoms in total. The molecular formula is C21H17ClN4O4. The first kappa shape index (κ1) is 19.7. The van der Waals surface area contributed by atoms with E-state index in [0.717, 1.165) is 5.56 Å². The molecule has 0 saturated carbocycles. The normalized spacial score (nSPS) is 10.9. The molecule has 0 aliphatic carbocycles. The van der Waals surface area contributed by atoms with Crippen LogP contribution in [0.15, 0.2) is 63.9 Å². The molecule has 152 valence electrons. The molecule has 2 aromatic carbocycles. The number of benzene rings is 2. The lowest BCUT2D eigenvalue weighted by atomic mass is 10.1. The van der Waals surface area contributed by atoms with Crippen LogP contribution in [0, 0.1) is 0 Å². The lowest BCUT2D eigenvalue weighted by Gasteiger charge is -2.06. The third-order valence-corrected chi connectivity index (χ3v) is 4.86. The van der Waals surface area contributed by atoms with Gasteiger partial charge in [-0.3, -0.25) is 4.79 Å². The minimum atomic E-state index is -0.744.